The number of hydrogen-bond donors (Lipinski definition) is 1. The molecule has 0 fully saturated rings. The first kappa shape index (κ1) is 16.9. The number of carbonyl (C=O) groups is 2. The number of ether oxygens (including phenoxy) is 1. The predicted molar refractivity (Wildman–Crippen MR) is 72.1 cm³/mol. The SMILES string of the molecule is CCC(C)(C)C(CNC(=O)C(C)(C)C)OC(C)=O. The first-order valence-corrected chi connectivity index (χ1v) is 6.46. The van der Waals surface area contributed by atoms with Crippen LogP contribution in [0.25, 0.3) is 0 Å². The van der Waals surface area contributed by atoms with Crippen molar-refractivity contribution in [3.63, 3.8) is 0 Å². The van der Waals surface area contributed by atoms with Crippen LogP contribution in [0.5, 0.6) is 0 Å². The van der Waals surface area contributed by atoms with Gasteiger partial charge in [-0.1, -0.05) is 41.5 Å². The molecule has 1 N–H and O–H groups in total. The molecule has 0 aliphatic carbocycles. The molecule has 0 radical (unpaired) electrons. The summed E-state index contributed by atoms with van der Waals surface area (Å²) in [6.07, 6.45) is 0.572. The highest BCUT2D eigenvalue weighted by molar-refractivity contribution is 5.81. The van der Waals surface area contributed by atoms with Crippen LogP contribution in [0.1, 0.15) is 54.9 Å². The van der Waals surface area contributed by atoms with Gasteiger partial charge in [0.1, 0.15) is 6.10 Å². The Bertz CT molecular complexity index is 303. The maximum atomic E-state index is 11.8. The van der Waals surface area contributed by atoms with E-state index in [0.717, 1.165) is 6.42 Å². The van der Waals surface area contributed by atoms with E-state index in [4.69, 9.17) is 4.74 Å². The molecule has 1 unspecified atom stereocenters. The van der Waals surface area contributed by atoms with E-state index in [0.29, 0.717) is 6.54 Å². The third-order valence-corrected chi connectivity index (χ3v) is 3.22. The van der Waals surface area contributed by atoms with E-state index in [1.54, 1.807) is 0 Å². The number of nitrogens with one attached hydrogen (secondary N) is 1. The Labute approximate surface area is 110 Å². The number of amides is 1. The van der Waals surface area contributed by atoms with E-state index >= 15 is 0 Å². The summed E-state index contributed by atoms with van der Waals surface area (Å²) in [7, 11) is 0. The number of hydrogen-bond acceptors (Lipinski definition) is 3. The van der Waals surface area contributed by atoms with Crippen LogP contribution in [0.3, 0.4) is 0 Å². The summed E-state index contributed by atoms with van der Waals surface area (Å²) in [4.78, 5) is 22.9. The summed E-state index contributed by atoms with van der Waals surface area (Å²) < 4.78 is 5.32. The largest absolute Gasteiger partial charge is 0.460 e. The fourth-order valence-corrected chi connectivity index (χ4v) is 1.36. The van der Waals surface area contributed by atoms with Crippen molar-refractivity contribution in [3.8, 4) is 0 Å². The van der Waals surface area contributed by atoms with E-state index in [2.05, 4.69) is 5.32 Å². The van der Waals surface area contributed by atoms with Crippen molar-refractivity contribution >= 4 is 11.9 Å². The van der Waals surface area contributed by atoms with Crippen LogP contribution in [0.15, 0.2) is 0 Å². The molecule has 4 heteroatoms. The average Bonchev–Trinajstić information content (AvgIpc) is 2.21. The van der Waals surface area contributed by atoms with E-state index < -0.39 is 5.41 Å². The molecule has 0 rings (SSSR count). The monoisotopic (exact) mass is 257 g/mol. The average molecular weight is 257 g/mol. The highest BCUT2D eigenvalue weighted by Gasteiger charge is 2.32. The van der Waals surface area contributed by atoms with Gasteiger partial charge in [0, 0.05) is 17.8 Å². The molecule has 0 saturated heterocycles. The van der Waals surface area contributed by atoms with Crippen molar-refractivity contribution in [3.05, 3.63) is 0 Å². The summed E-state index contributed by atoms with van der Waals surface area (Å²) in [5.74, 6) is -0.349. The maximum absolute atomic E-state index is 11.8. The first-order valence-electron chi connectivity index (χ1n) is 6.46. The molecule has 0 aromatic carbocycles. The van der Waals surface area contributed by atoms with Crippen LogP contribution < -0.4 is 5.32 Å². The minimum atomic E-state index is -0.433. The number of rotatable bonds is 5. The third kappa shape index (κ3) is 5.52. The predicted octanol–water partition coefficient (Wildman–Crippen LogP) is 2.52. The van der Waals surface area contributed by atoms with Crippen LogP contribution in [-0.2, 0) is 14.3 Å². The standard InChI is InChI=1S/C14H27NO3/c1-8-14(6,7)11(18-10(2)16)9-15-12(17)13(3,4)5/h11H,8-9H2,1-7H3,(H,15,17). The van der Waals surface area contributed by atoms with Gasteiger partial charge in [-0.05, 0) is 6.42 Å². The molecule has 18 heavy (non-hydrogen) atoms. The molecule has 4 nitrogen and oxygen atoms in total. The van der Waals surface area contributed by atoms with Crippen LogP contribution in [0.4, 0.5) is 0 Å². The highest BCUT2D eigenvalue weighted by Crippen LogP contribution is 2.27. The Morgan fingerprint density at radius 1 is 1.17 bits per heavy atom. The maximum Gasteiger partial charge on any atom is 0.302 e. The normalized spacial score (nSPS) is 13.9. The molecule has 106 valence electrons. The Kier molecular flexibility index (Phi) is 5.84. The van der Waals surface area contributed by atoms with Gasteiger partial charge in [-0.2, -0.15) is 0 Å². The van der Waals surface area contributed by atoms with Crippen molar-refractivity contribution in [2.24, 2.45) is 10.8 Å². The van der Waals surface area contributed by atoms with Gasteiger partial charge in [-0.15, -0.1) is 0 Å². The smallest absolute Gasteiger partial charge is 0.302 e. The second-order valence-corrected chi connectivity index (χ2v) is 6.40. The van der Waals surface area contributed by atoms with Crippen molar-refractivity contribution < 1.29 is 14.3 Å². The topological polar surface area (TPSA) is 55.4 Å². The van der Waals surface area contributed by atoms with Crippen molar-refractivity contribution in [1.29, 1.82) is 0 Å². The third-order valence-electron chi connectivity index (χ3n) is 3.22. The molecule has 1 atom stereocenters. The van der Waals surface area contributed by atoms with Gasteiger partial charge >= 0.3 is 5.97 Å². The van der Waals surface area contributed by atoms with E-state index in [-0.39, 0.29) is 23.4 Å². The van der Waals surface area contributed by atoms with Crippen LogP contribution >= 0.6 is 0 Å². The molecule has 0 heterocycles. The van der Waals surface area contributed by atoms with Gasteiger partial charge in [0.25, 0.3) is 0 Å². The summed E-state index contributed by atoms with van der Waals surface area (Å²) in [6.45, 7) is 13.4. The van der Waals surface area contributed by atoms with Crippen molar-refractivity contribution in [2.45, 2.75) is 61.0 Å². The van der Waals surface area contributed by atoms with E-state index in [1.807, 2.05) is 41.5 Å². The Hall–Kier alpha value is -1.06. The second kappa shape index (κ2) is 6.21. The van der Waals surface area contributed by atoms with Gasteiger partial charge in [-0.3, -0.25) is 9.59 Å². The lowest BCUT2D eigenvalue weighted by Crippen LogP contribution is -2.45. The molecule has 0 aromatic rings. The zero-order valence-electron chi connectivity index (χ0n) is 12.7. The summed E-state index contributed by atoms with van der Waals surface area (Å²) in [5.41, 5.74) is -0.589. The van der Waals surface area contributed by atoms with Gasteiger partial charge in [0.05, 0.1) is 6.54 Å². The molecule has 0 spiro atoms. The van der Waals surface area contributed by atoms with Crippen LogP contribution in [0.2, 0.25) is 0 Å². The molecule has 0 aliphatic heterocycles. The molecular weight excluding hydrogens is 230 g/mol. The van der Waals surface area contributed by atoms with Crippen molar-refractivity contribution in [2.75, 3.05) is 6.54 Å². The zero-order valence-corrected chi connectivity index (χ0v) is 12.7. The lowest BCUT2D eigenvalue weighted by molar-refractivity contribution is -0.153. The minimum absolute atomic E-state index is 0.0356. The van der Waals surface area contributed by atoms with Gasteiger partial charge < -0.3 is 10.1 Å². The second-order valence-electron chi connectivity index (χ2n) is 6.40. The minimum Gasteiger partial charge on any atom is -0.460 e. The van der Waals surface area contributed by atoms with Gasteiger partial charge in [-0.25, -0.2) is 0 Å². The molecule has 0 saturated carbocycles. The zero-order chi connectivity index (χ0) is 14.6. The lowest BCUT2D eigenvalue weighted by atomic mass is 9.83. The summed E-state index contributed by atoms with van der Waals surface area (Å²) >= 11 is 0. The Morgan fingerprint density at radius 2 is 1.67 bits per heavy atom. The van der Waals surface area contributed by atoms with Gasteiger partial charge in [0.2, 0.25) is 5.91 Å². The fourth-order valence-electron chi connectivity index (χ4n) is 1.36. The Morgan fingerprint density at radius 3 is 2.00 bits per heavy atom. The molecular formula is C14H27NO3. The van der Waals surface area contributed by atoms with E-state index in [1.165, 1.54) is 6.92 Å². The molecule has 1 amide bonds. The van der Waals surface area contributed by atoms with Crippen molar-refractivity contribution in [1.82, 2.24) is 5.32 Å². The quantitative estimate of drug-likeness (QED) is 0.770. The summed E-state index contributed by atoms with van der Waals surface area (Å²) in [5, 5.41) is 2.85. The van der Waals surface area contributed by atoms with E-state index in [9.17, 15) is 9.59 Å². The Balaban J connectivity index is 4.63. The first-order chi connectivity index (χ1) is 8.00. The highest BCUT2D eigenvalue weighted by atomic mass is 16.5. The summed E-state index contributed by atoms with van der Waals surface area (Å²) in [6, 6.07) is 0. The lowest BCUT2D eigenvalue weighted by Gasteiger charge is -2.33. The fraction of sp³-hybridized carbons (Fsp3) is 0.857. The van der Waals surface area contributed by atoms with Crippen LogP contribution in [0, 0.1) is 10.8 Å². The van der Waals surface area contributed by atoms with Gasteiger partial charge in [0.15, 0.2) is 0 Å². The van der Waals surface area contributed by atoms with Crippen LogP contribution in [-0.4, -0.2) is 24.5 Å². The molecule has 0 bridgehead atoms. The molecule has 0 aromatic heterocycles. The number of esters is 1. The number of carbonyl (C=O) groups excluding carboxylic acids is 2. The molecule has 0 aliphatic rings.